The van der Waals surface area contributed by atoms with Gasteiger partial charge in [0, 0.05) is 0 Å². The van der Waals surface area contributed by atoms with Crippen LogP contribution in [0.5, 0.6) is 0 Å². The van der Waals surface area contributed by atoms with Gasteiger partial charge in [-0.05, 0) is 30.2 Å². The SMILES string of the molecule is Cc1ccc(S(=O)(=O)NC(c2ccccc2)C(Br)c2ccccc2)cc1. The zero-order valence-electron chi connectivity index (χ0n) is 14.3. The second-order valence-electron chi connectivity index (χ2n) is 6.14. The van der Waals surface area contributed by atoms with Crippen molar-refractivity contribution in [3.63, 3.8) is 0 Å². The van der Waals surface area contributed by atoms with Gasteiger partial charge in [0.1, 0.15) is 0 Å². The van der Waals surface area contributed by atoms with E-state index in [1.807, 2.05) is 67.6 Å². The zero-order chi connectivity index (χ0) is 18.6. The van der Waals surface area contributed by atoms with Crippen molar-refractivity contribution in [3.8, 4) is 0 Å². The van der Waals surface area contributed by atoms with E-state index in [4.69, 9.17) is 0 Å². The van der Waals surface area contributed by atoms with Gasteiger partial charge in [-0.2, -0.15) is 0 Å². The van der Waals surface area contributed by atoms with E-state index in [1.54, 1.807) is 24.3 Å². The van der Waals surface area contributed by atoms with Crippen LogP contribution in [0.1, 0.15) is 27.6 Å². The Morgan fingerprint density at radius 2 is 1.27 bits per heavy atom. The number of rotatable bonds is 6. The van der Waals surface area contributed by atoms with Crippen LogP contribution in [0, 0.1) is 6.92 Å². The number of hydrogen-bond acceptors (Lipinski definition) is 2. The average molecular weight is 430 g/mol. The highest BCUT2D eigenvalue weighted by Gasteiger charge is 2.28. The first kappa shape index (κ1) is 18.8. The van der Waals surface area contributed by atoms with Crippen molar-refractivity contribution in [3.05, 3.63) is 102 Å². The molecule has 2 atom stereocenters. The van der Waals surface area contributed by atoms with Crippen molar-refractivity contribution in [2.75, 3.05) is 0 Å². The minimum Gasteiger partial charge on any atom is -0.207 e. The number of alkyl halides is 1. The summed E-state index contributed by atoms with van der Waals surface area (Å²) in [6, 6.07) is 25.8. The number of nitrogens with one attached hydrogen (secondary N) is 1. The summed E-state index contributed by atoms with van der Waals surface area (Å²) in [4.78, 5) is 0.0584. The molecule has 0 amide bonds. The summed E-state index contributed by atoms with van der Waals surface area (Å²) in [5.41, 5.74) is 2.92. The monoisotopic (exact) mass is 429 g/mol. The minimum absolute atomic E-state index is 0.202. The number of hydrogen-bond donors (Lipinski definition) is 1. The molecular weight excluding hydrogens is 410 g/mol. The van der Waals surface area contributed by atoms with Crippen LogP contribution >= 0.6 is 15.9 Å². The van der Waals surface area contributed by atoms with Gasteiger partial charge in [0.05, 0.1) is 15.8 Å². The van der Waals surface area contributed by atoms with Crippen LogP contribution in [0.25, 0.3) is 0 Å². The van der Waals surface area contributed by atoms with E-state index in [2.05, 4.69) is 20.7 Å². The number of benzene rings is 3. The van der Waals surface area contributed by atoms with Crippen LogP contribution in [-0.4, -0.2) is 8.42 Å². The molecule has 134 valence electrons. The van der Waals surface area contributed by atoms with Gasteiger partial charge in [0.15, 0.2) is 0 Å². The summed E-state index contributed by atoms with van der Waals surface area (Å²) in [6.07, 6.45) is 0. The van der Waals surface area contributed by atoms with Gasteiger partial charge in [-0.15, -0.1) is 0 Å². The maximum Gasteiger partial charge on any atom is 0.241 e. The molecule has 5 heteroatoms. The molecule has 0 saturated carbocycles. The molecule has 0 bridgehead atoms. The van der Waals surface area contributed by atoms with Crippen LogP contribution in [-0.2, 0) is 10.0 Å². The minimum atomic E-state index is -3.66. The van der Waals surface area contributed by atoms with Gasteiger partial charge in [0.2, 0.25) is 10.0 Å². The van der Waals surface area contributed by atoms with Crippen molar-refractivity contribution in [2.24, 2.45) is 0 Å². The van der Waals surface area contributed by atoms with Crippen molar-refractivity contribution in [2.45, 2.75) is 22.7 Å². The van der Waals surface area contributed by atoms with Gasteiger partial charge in [-0.1, -0.05) is 94.3 Å². The van der Waals surface area contributed by atoms with E-state index >= 15 is 0 Å². The fourth-order valence-corrected chi connectivity index (χ4v) is 4.89. The van der Waals surface area contributed by atoms with E-state index in [1.165, 1.54) is 0 Å². The molecule has 0 aliphatic heterocycles. The highest BCUT2D eigenvalue weighted by molar-refractivity contribution is 9.09. The molecular formula is C21H20BrNO2S. The Labute approximate surface area is 163 Å². The molecule has 0 radical (unpaired) electrons. The predicted octanol–water partition coefficient (Wildman–Crippen LogP) is 5.15. The third-order valence-electron chi connectivity index (χ3n) is 4.18. The zero-order valence-corrected chi connectivity index (χ0v) is 16.7. The molecule has 3 aromatic carbocycles. The Morgan fingerprint density at radius 3 is 1.81 bits per heavy atom. The Hall–Kier alpha value is -1.95. The van der Waals surface area contributed by atoms with Gasteiger partial charge in [0.25, 0.3) is 0 Å². The molecule has 0 spiro atoms. The van der Waals surface area contributed by atoms with E-state index in [0.29, 0.717) is 0 Å². The van der Waals surface area contributed by atoms with Crippen LogP contribution in [0.15, 0.2) is 89.8 Å². The Kier molecular flexibility index (Phi) is 5.91. The normalized spacial score (nSPS) is 13.9. The van der Waals surface area contributed by atoms with Crippen LogP contribution in [0.4, 0.5) is 0 Å². The quantitative estimate of drug-likeness (QED) is 0.550. The van der Waals surface area contributed by atoms with Gasteiger partial charge < -0.3 is 0 Å². The molecule has 0 aliphatic carbocycles. The lowest BCUT2D eigenvalue weighted by molar-refractivity contribution is 0.553. The smallest absolute Gasteiger partial charge is 0.207 e. The first-order valence-electron chi connectivity index (χ1n) is 8.30. The molecule has 2 unspecified atom stereocenters. The topological polar surface area (TPSA) is 46.2 Å². The van der Waals surface area contributed by atoms with E-state index in [-0.39, 0.29) is 9.72 Å². The molecule has 26 heavy (non-hydrogen) atoms. The molecule has 0 saturated heterocycles. The third kappa shape index (κ3) is 4.41. The number of halogens is 1. The highest BCUT2D eigenvalue weighted by Crippen LogP contribution is 2.37. The molecule has 0 fully saturated rings. The van der Waals surface area contributed by atoms with Crippen molar-refractivity contribution in [1.29, 1.82) is 0 Å². The fourth-order valence-electron chi connectivity index (χ4n) is 2.74. The second kappa shape index (κ2) is 8.16. The Bertz CT molecular complexity index is 942. The van der Waals surface area contributed by atoms with Crippen molar-refractivity contribution < 1.29 is 8.42 Å². The first-order chi connectivity index (χ1) is 12.5. The summed E-state index contributed by atoms with van der Waals surface area (Å²) >= 11 is 3.70. The fraction of sp³-hybridized carbons (Fsp3) is 0.143. The summed E-state index contributed by atoms with van der Waals surface area (Å²) in [6.45, 7) is 1.93. The summed E-state index contributed by atoms with van der Waals surface area (Å²) in [7, 11) is -3.66. The molecule has 3 aromatic rings. The summed E-state index contributed by atoms with van der Waals surface area (Å²) in [5, 5.41) is 0. The number of aryl methyl sites for hydroxylation is 1. The summed E-state index contributed by atoms with van der Waals surface area (Å²) in [5.74, 6) is 0. The average Bonchev–Trinajstić information content (AvgIpc) is 2.67. The molecule has 3 nitrogen and oxygen atoms in total. The molecule has 3 rings (SSSR count). The molecule has 0 aliphatic rings. The van der Waals surface area contributed by atoms with Crippen LogP contribution in [0.2, 0.25) is 0 Å². The number of sulfonamides is 1. The second-order valence-corrected chi connectivity index (χ2v) is 8.84. The first-order valence-corrected chi connectivity index (χ1v) is 10.7. The van der Waals surface area contributed by atoms with E-state index in [0.717, 1.165) is 16.7 Å². The van der Waals surface area contributed by atoms with E-state index < -0.39 is 16.1 Å². The molecule has 1 N–H and O–H groups in total. The van der Waals surface area contributed by atoms with Crippen molar-refractivity contribution >= 4 is 26.0 Å². The van der Waals surface area contributed by atoms with Gasteiger partial charge >= 0.3 is 0 Å². The standard InChI is InChI=1S/C21H20BrNO2S/c1-16-12-14-19(15-13-16)26(24,25)23-21(18-10-6-3-7-11-18)20(22)17-8-4-2-5-9-17/h2-15,20-21,23H,1H3. The third-order valence-corrected chi connectivity index (χ3v) is 6.70. The highest BCUT2D eigenvalue weighted by atomic mass is 79.9. The van der Waals surface area contributed by atoms with Gasteiger partial charge in [-0.3, -0.25) is 0 Å². The Balaban J connectivity index is 1.97. The maximum absolute atomic E-state index is 12.9. The van der Waals surface area contributed by atoms with Crippen molar-refractivity contribution in [1.82, 2.24) is 4.72 Å². The molecule has 0 heterocycles. The largest absolute Gasteiger partial charge is 0.241 e. The van der Waals surface area contributed by atoms with Crippen LogP contribution in [0.3, 0.4) is 0 Å². The lowest BCUT2D eigenvalue weighted by atomic mass is 10.00. The Morgan fingerprint density at radius 1 is 0.769 bits per heavy atom. The van der Waals surface area contributed by atoms with E-state index in [9.17, 15) is 8.42 Å². The van der Waals surface area contributed by atoms with Gasteiger partial charge in [-0.25, -0.2) is 13.1 Å². The molecule has 0 aromatic heterocycles. The lowest BCUT2D eigenvalue weighted by Gasteiger charge is -2.25. The van der Waals surface area contributed by atoms with Crippen LogP contribution < -0.4 is 4.72 Å². The lowest BCUT2D eigenvalue weighted by Crippen LogP contribution is -2.31. The maximum atomic E-state index is 12.9. The summed E-state index contributed by atoms with van der Waals surface area (Å²) < 4.78 is 28.7. The predicted molar refractivity (Wildman–Crippen MR) is 109 cm³/mol.